The van der Waals surface area contributed by atoms with E-state index in [0.717, 1.165) is 29.7 Å². The molecule has 0 radical (unpaired) electrons. The number of pyridine rings is 1. The molecule has 1 aliphatic heterocycles. The molecule has 40 heavy (non-hydrogen) atoms. The number of benzene rings is 2. The van der Waals surface area contributed by atoms with Crippen LogP contribution in [0.2, 0.25) is 0 Å². The first-order valence-electron chi connectivity index (χ1n) is 12.7. The molecule has 0 saturated carbocycles. The summed E-state index contributed by atoms with van der Waals surface area (Å²) < 4.78 is 46.2. The lowest BCUT2D eigenvalue weighted by molar-refractivity contribution is -0.0948. The second-order valence-electron chi connectivity index (χ2n) is 9.36. The SMILES string of the molecule is COC1(c2ccnc(COC#CC(c3ccccc3)c3ncoc3-c3ccc(S(N)(=O)=O)cc3)c2)CCOCC1. The van der Waals surface area contributed by atoms with Gasteiger partial charge in [0, 0.05) is 44.9 Å². The second kappa shape index (κ2) is 12.0. The number of rotatable bonds is 8. The summed E-state index contributed by atoms with van der Waals surface area (Å²) in [6.07, 6.45) is 7.48. The van der Waals surface area contributed by atoms with Gasteiger partial charge >= 0.3 is 0 Å². The van der Waals surface area contributed by atoms with Gasteiger partial charge in [-0.2, -0.15) is 0 Å². The van der Waals surface area contributed by atoms with Crippen LogP contribution in [0.4, 0.5) is 0 Å². The third kappa shape index (κ3) is 6.08. The van der Waals surface area contributed by atoms with E-state index in [0.29, 0.717) is 30.2 Å². The monoisotopic (exact) mass is 559 g/mol. The van der Waals surface area contributed by atoms with Crippen molar-refractivity contribution in [2.24, 2.45) is 5.14 Å². The van der Waals surface area contributed by atoms with E-state index in [-0.39, 0.29) is 11.5 Å². The highest BCUT2D eigenvalue weighted by atomic mass is 32.2. The van der Waals surface area contributed by atoms with Crippen LogP contribution in [0.1, 0.15) is 41.3 Å². The molecule has 2 aromatic heterocycles. The zero-order valence-electron chi connectivity index (χ0n) is 21.9. The van der Waals surface area contributed by atoms with Gasteiger partial charge < -0.3 is 18.6 Å². The summed E-state index contributed by atoms with van der Waals surface area (Å²) in [5.74, 6) is 3.18. The minimum atomic E-state index is -3.81. The Morgan fingerprint density at radius 1 is 1.05 bits per heavy atom. The van der Waals surface area contributed by atoms with Gasteiger partial charge in [0.15, 0.2) is 12.2 Å². The minimum Gasteiger partial charge on any atom is -0.443 e. The second-order valence-corrected chi connectivity index (χ2v) is 10.9. The van der Waals surface area contributed by atoms with E-state index in [1.807, 2.05) is 42.5 Å². The van der Waals surface area contributed by atoms with Crippen LogP contribution in [0.3, 0.4) is 0 Å². The lowest BCUT2D eigenvalue weighted by Crippen LogP contribution is -2.35. The normalized spacial score (nSPS) is 15.6. The first kappa shape index (κ1) is 27.6. The van der Waals surface area contributed by atoms with Gasteiger partial charge in [-0.25, -0.2) is 18.5 Å². The van der Waals surface area contributed by atoms with Crippen molar-refractivity contribution in [1.29, 1.82) is 0 Å². The Morgan fingerprint density at radius 3 is 2.50 bits per heavy atom. The highest BCUT2D eigenvalue weighted by Gasteiger charge is 2.34. The molecular formula is C30H29N3O6S. The molecule has 0 spiro atoms. The Labute approximate surface area is 233 Å². The summed E-state index contributed by atoms with van der Waals surface area (Å²) in [6.45, 7) is 1.49. The van der Waals surface area contributed by atoms with Crippen molar-refractivity contribution in [3.05, 3.63) is 102 Å². The number of oxazole rings is 1. The van der Waals surface area contributed by atoms with Gasteiger partial charge in [-0.1, -0.05) is 30.3 Å². The number of ether oxygens (including phenoxy) is 3. The fraction of sp³-hybridized carbons (Fsp3) is 0.267. The third-order valence-electron chi connectivity index (χ3n) is 6.98. The summed E-state index contributed by atoms with van der Waals surface area (Å²) in [4.78, 5) is 8.91. The predicted octanol–water partition coefficient (Wildman–Crippen LogP) is 4.35. The summed E-state index contributed by atoms with van der Waals surface area (Å²) in [5.41, 5.74) is 3.51. The van der Waals surface area contributed by atoms with E-state index >= 15 is 0 Å². The summed E-state index contributed by atoms with van der Waals surface area (Å²) in [6, 6.07) is 19.7. The molecule has 0 amide bonds. The molecule has 5 rings (SSSR count). The molecule has 1 saturated heterocycles. The topological polar surface area (TPSA) is 127 Å². The molecule has 9 nitrogen and oxygen atoms in total. The number of methoxy groups -OCH3 is 1. The lowest BCUT2D eigenvalue weighted by atomic mass is 9.86. The van der Waals surface area contributed by atoms with Crippen LogP contribution in [0.5, 0.6) is 0 Å². The van der Waals surface area contributed by atoms with Crippen molar-refractivity contribution in [1.82, 2.24) is 9.97 Å². The fourth-order valence-electron chi connectivity index (χ4n) is 4.79. The van der Waals surface area contributed by atoms with Crippen LogP contribution in [-0.4, -0.2) is 38.7 Å². The molecule has 2 N–H and O–H groups in total. The number of aromatic nitrogens is 2. The molecular weight excluding hydrogens is 530 g/mol. The smallest absolute Gasteiger partial charge is 0.238 e. The average Bonchev–Trinajstić information content (AvgIpc) is 3.47. The van der Waals surface area contributed by atoms with Crippen molar-refractivity contribution >= 4 is 10.0 Å². The Morgan fingerprint density at radius 2 is 1.80 bits per heavy atom. The Balaban J connectivity index is 1.38. The highest BCUT2D eigenvalue weighted by molar-refractivity contribution is 7.89. The Hall–Kier alpha value is -4.01. The third-order valence-corrected chi connectivity index (χ3v) is 7.90. The summed E-state index contributed by atoms with van der Waals surface area (Å²) in [5, 5.41) is 5.24. The maximum absolute atomic E-state index is 11.7. The van der Waals surface area contributed by atoms with Crippen LogP contribution in [0.25, 0.3) is 11.3 Å². The standard InChI is InChI=1S/C30H29N3O6S/c1-36-30(13-17-37-18-14-30)24-11-15-32-25(19-24)20-38-16-12-27(22-5-3-2-4-6-22)28-29(39-21-33-28)23-7-9-26(10-8-23)40(31,34)35/h2-11,15,19,21,27H,13-14,17-18,20H2,1H3,(H2,31,34,35). The molecule has 10 heteroatoms. The molecule has 1 atom stereocenters. The molecule has 1 fully saturated rings. The molecule has 3 heterocycles. The van der Waals surface area contributed by atoms with Crippen molar-refractivity contribution in [2.75, 3.05) is 20.3 Å². The molecule has 2 aromatic carbocycles. The largest absolute Gasteiger partial charge is 0.443 e. The van der Waals surface area contributed by atoms with Gasteiger partial charge in [0.2, 0.25) is 10.0 Å². The molecule has 1 aliphatic rings. The van der Waals surface area contributed by atoms with Gasteiger partial charge in [0.1, 0.15) is 18.4 Å². The fourth-order valence-corrected chi connectivity index (χ4v) is 5.31. The van der Waals surface area contributed by atoms with Gasteiger partial charge in [0.05, 0.1) is 22.1 Å². The van der Waals surface area contributed by atoms with E-state index in [1.54, 1.807) is 25.4 Å². The van der Waals surface area contributed by atoms with Crippen LogP contribution >= 0.6 is 0 Å². The lowest BCUT2D eigenvalue weighted by Gasteiger charge is -2.36. The molecule has 0 aliphatic carbocycles. The van der Waals surface area contributed by atoms with Crippen molar-refractivity contribution in [3.63, 3.8) is 0 Å². The average molecular weight is 560 g/mol. The van der Waals surface area contributed by atoms with Crippen molar-refractivity contribution in [2.45, 2.75) is 35.9 Å². The minimum absolute atomic E-state index is 0.0102. The molecule has 1 unspecified atom stereocenters. The van der Waals surface area contributed by atoms with Gasteiger partial charge in [-0.15, -0.1) is 0 Å². The summed E-state index contributed by atoms with van der Waals surface area (Å²) in [7, 11) is -2.09. The van der Waals surface area contributed by atoms with Crippen LogP contribution in [-0.2, 0) is 36.4 Å². The number of primary sulfonamides is 1. The Bertz CT molecular complexity index is 1600. The quantitative estimate of drug-likeness (QED) is 0.316. The number of hydrogen-bond acceptors (Lipinski definition) is 8. The van der Waals surface area contributed by atoms with Crippen LogP contribution in [0, 0.1) is 12.0 Å². The maximum atomic E-state index is 11.7. The van der Waals surface area contributed by atoms with Gasteiger partial charge in [0.25, 0.3) is 0 Å². The number of nitrogens with zero attached hydrogens (tertiary/aromatic N) is 2. The van der Waals surface area contributed by atoms with E-state index in [2.05, 4.69) is 22.0 Å². The predicted molar refractivity (Wildman–Crippen MR) is 147 cm³/mol. The van der Waals surface area contributed by atoms with Crippen molar-refractivity contribution < 1.29 is 27.0 Å². The van der Waals surface area contributed by atoms with E-state index in [1.165, 1.54) is 18.5 Å². The first-order valence-corrected chi connectivity index (χ1v) is 14.3. The van der Waals surface area contributed by atoms with Gasteiger partial charge in [-0.3, -0.25) is 4.98 Å². The molecule has 206 valence electrons. The van der Waals surface area contributed by atoms with E-state index in [9.17, 15) is 8.42 Å². The van der Waals surface area contributed by atoms with Crippen LogP contribution in [0.15, 0.2) is 88.6 Å². The zero-order valence-corrected chi connectivity index (χ0v) is 22.8. The maximum Gasteiger partial charge on any atom is 0.238 e. The molecule has 4 aromatic rings. The molecule has 0 bridgehead atoms. The number of sulfonamides is 1. The number of hydrogen-bond donors (Lipinski definition) is 1. The highest BCUT2D eigenvalue weighted by Crippen LogP contribution is 2.36. The first-order chi connectivity index (χ1) is 19.4. The van der Waals surface area contributed by atoms with Crippen LogP contribution < -0.4 is 5.14 Å². The zero-order chi connectivity index (χ0) is 28.0. The van der Waals surface area contributed by atoms with Gasteiger partial charge in [-0.05, 0) is 53.4 Å². The van der Waals surface area contributed by atoms with Crippen molar-refractivity contribution in [3.8, 4) is 23.4 Å². The number of nitrogens with two attached hydrogens (primary N) is 1. The summed E-state index contributed by atoms with van der Waals surface area (Å²) >= 11 is 0. The Kier molecular flexibility index (Phi) is 8.28. The van der Waals surface area contributed by atoms with E-state index in [4.69, 9.17) is 23.8 Å². The van der Waals surface area contributed by atoms with E-state index < -0.39 is 21.5 Å².